The number of ether oxygens (including phenoxy) is 1. The number of hydrogen-bond acceptors (Lipinski definition) is 6. The van der Waals surface area contributed by atoms with Crippen LogP contribution in [0.15, 0.2) is 10.6 Å². The first-order valence-electron chi connectivity index (χ1n) is 9.38. The van der Waals surface area contributed by atoms with Gasteiger partial charge in [0.2, 0.25) is 0 Å². The molecular formula is C18H30N4O3. The second kappa shape index (κ2) is 8.78. The normalized spacial score (nSPS) is 22.9. The Bertz CT molecular complexity index is 556. The third-order valence-electron chi connectivity index (χ3n) is 5.27. The summed E-state index contributed by atoms with van der Waals surface area (Å²) in [7, 11) is 1.84. The minimum absolute atomic E-state index is 0.0679. The van der Waals surface area contributed by atoms with Gasteiger partial charge < -0.3 is 14.2 Å². The van der Waals surface area contributed by atoms with E-state index < -0.39 is 0 Å². The predicted molar refractivity (Wildman–Crippen MR) is 94.4 cm³/mol. The summed E-state index contributed by atoms with van der Waals surface area (Å²) in [5.74, 6) is 0.671. The summed E-state index contributed by atoms with van der Waals surface area (Å²) in [6.45, 7) is 8.99. The van der Waals surface area contributed by atoms with Gasteiger partial charge in [0, 0.05) is 45.3 Å². The maximum Gasteiger partial charge on any atom is 0.275 e. The molecule has 1 aromatic rings. The summed E-state index contributed by atoms with van der Waals surface area (Å²) in [6, 6.07) is 2.39. The number of amides is 1. The lowest BCUT2D eigenvalue weighted by atomic mass is 10.0. The number of aromatic nitrogens is 1. The van der Waals surface area contributed by atoms with E-state index in [2.05, 4.69) is 21.9 Å². The Morgan fingerprint density at radius 3 is 2.88 bits per heavy atom. The van der Waals surface area contributed by atoms with Crippen LogP contribution in [0.1, 0.15) is 42.4 Å². The molecule has 3 heterocycles. The third kappa shape index (κ3) is 5.03. The maximum absolute atomic E-state index is 12.6. The molecule has 7 heteroatoms. The average Bonchev–Trinajstić information content (AvgIpc) is 3.09. The first-order chi connectivity index (χ1) is 12.1. The molecule has 2 saturated heterocycles. The second-order valence-corrected chi connectivity index (χ2v) is 7.17. The van der Waals surface area contributed by atoms with Gasteiger partial charge in [-0.25, -0.2) is 0 Å². The Labute approximate surface area is 149 Å². The van der Waals surface area contributed by atoms with Crippen LogP contribution in [0.25, 0.3) is 0 Å². The number of piperidine rings is 1. The van der Waals surface area contributed by atoms with Crippen LogP contribution >= 0.6 is 0 Å². The zero-order valence-corrected chi connectivity index (χ0v) is 15.4. The number of nitrogens with zero attached hydrogens (tertiary/aromatic N) is 4. The van der Waals surface area contributed by atoms with E-state index in [0.717, 1.165) is 51.7 Å². The first kappa shape index (κ1) is 18.4. The van der Waals surface area contributed by atoms with Crippen LogP contribution in [-0.2, 0) is 11.3 Å². The minimum atomic E-state index is -0.0679. The van der Waals surface area contributed by atoms with Crippen molar-refractivity contribution < 1.29 is 14.1 Å². The molecule has 2 aliphatic heterocycles. The van der Waals surface area contributed by atoms with Gasteiger partial charge in [0.25, 0.3) is 5.91 Å². The molecule has 140 valence electrons. The van der Waals surface area contributed by atoms with Crippen molar-refractivity contribution in [3.63, 3.8) is 0 Å². The number of hydrogen-bond donors (Lipinski definition) is 0. The Kier molecular flexibility index (Phi) is 6.45. The Morgan fingerprint density at radius 1 is 1.32 bits per heavy atom. The molecule has 1 amide bonds. The lowest BCUT2D eigenvalue weighted by molar-refractivity contribution is 0.0305. The topological polar surface area (TPSA) is 62.0 Å². The zero-order valence-electron chi connectivity index (χ0n) is 15.4. The monoisotopic (exact) mass is 350 g/mol. The molecule has 3 rings (SSSR count). The van der Waals surface area contributed by atoms with E-state index in [0.29, 0.717) is 18.3 Å². The molecule has 0 radical (unpaired) electrons. The Morgan fingerprint density at radius 2 is 2.12 bits per heavy atom. The quantitative estimate of drug-likeness (QED) is 0.774. The maximum atomic E-state index is 12.6. The van der Waals surface area contributed by atoms with E-state index in [4.69, 9.17) is 9.26 Å². The predicted octanol–water partition coefficient (Wildman–Crippen LogP) is 1.45. The molecule has 1 unspecified atom stereocenters. The molecular weight excluding hydrogens is 320 g/mol. The van der Waals surface area contributed by atoms with Crippen LogP contribution in [0.4, 0.5) is 0 Å². The van der Waals surface area contributed by atoms with Crippen molar-refractivity contribution in [3.05, 3.63) is 17.5 Å². The number of carbonyl (C=O) groups is 1. The van der Waals surface area contributed by atoms with Gasteiger partial charge in [-0.15, -0.1) is 0 Å². The highest BCUT2D eigenvalue weighted by Gasteiger charge is 2.22. The number of carbonyl (C=O) groups excluding carboxylic acids is 1. The number of morpholine rings is 1. The summed E-state index contributed by atoms with van der Waals surface area (Å²) in [5.41, 5.74) is 0.400. The first-order valence-corrected chi connectivity index (χ1v) is 9.38. The van der Waals surface area contributed by atoms with Crippen molar-refractivity contribution in [2.45, 2.75) is 38.8 Å². The van der Waals surface area contributed by atoms with Crippen LogP contribution in [0.2, 0.25) is 0 Å². The number of likely N-dealkylation sites (N-methyl/N-ethyl adjacent to an activating group) is 1. The largest absolute Gasteiger partial charge is 0.379 e. The second-order valence-electron chi connectivity index (χ2n) is 7.17. The molecule has 0 bridgehead atoms. The van der Waals surface area contributed by atoms with Crippen LogP contribution in [0.5, 0.6) is 0 Å². The molecule has 2 fully saturated rings. The molecule has 25 heavy (non-hydrogen) atoms. The van der Waals surface area contributed by atoms with Crippen molar-refractivity contribution in [1.82, 2.24) is 19.9 Å². The molecule has 1 aromatic heterocycles. The van der Waals surface area contributed by atoms with Gasteiger partial charge in [-0.05, 0) is 26.3 Å². The van der Waals surface area contributed by atoms with E-state index in [1.54, 1.807) is 11.0 Å². The van der Waals surface area contributed by atoms with E-state index in [1.165, 1.54) is 19.3 Å². The van der Waals surface area contributed by atoms with Crippen molar-refractivity contribution in [2.75, 3.05) is 53.0 Å². The van der Waals surface area contributed by atoms with Gasteiger partial charge in [-0.3, -0.25) is 14.6 Å². The van der Waals surface area contributed by atoms with Gasteiger partial charge in [-0.2, -0.15) is 0 Å². The molecule has 7 nitrogen and oxygen atoms in total. The van der Waals surface area contributed by atoms with Crippen LogP contribution < -0.4 is 0 Å². The fourth-order valence-electron chi connectivity index (χ4n) is 3.53. The molecule has 0 aliphatic carbocycles. The summed E-state index contributed by atoms with van der Waals surface area (Å²) >= 11 is 0. The lowest BCUT2D eigenvalue weighted by Crippen LogP contribution is -2.43. The molecule has 0 N–H and O–H groups in total. The van der Waals surface area contributed by atoms with Gasteiger partial charge in [0.05, 0.1) is 19.8 Å². The Hall–Kier alpha value is -1.44. The highest BCUT2D eigenvalue weighted by atomic mass is 16.5. The van der Waals surface area contributed by atoms with Gasteiger partial charge >= 0.3 is 0 Å². The van der Waals surface area contributed by atoms with Crippen molar-refractivity contribution in [2.24, 2.45) is 0 Å². The van der Waals surface area contributed by atoms with Crippen molar-refractivity contribution in [3.8, 4) is 0 Å². The van der Waals surface area contributed by atoms with E-state index in [1.807, 2.05) is 7.05 Å². The number of rotatable bonds is 6. The van der Waals surface area contributed by atoms with E-state index >= 15 is 0 Å². The molecule has 2 aliphatic rings. The smallest absolute Gasteiger partial charge is 0.275 e. The van der Waals surface area contributed by atoms with E-state index in [9.17, 15) is 4.79 Å². The SMILES string of the molecule is CC1CCCCN1CCN(C)C(=O)c1cc(CN2CCOCC2)on1. The average molecular weight is 350 g/mol. The standard InChI is InChI=1S/C18H30N4O3/c1-15-5-3-4-6-22(15)8-7-20(2)18(23)17-13-16(25-19-17)14-21-9-11-24-12-10-21/h13,15H,3-12,14H2,1-2H3. The minimum Gasteiger partial charge on any atom is -0.379 e. The zero-order chi connectivity index (χ0) is 17.6. The molecule has 0 saturated carbocycles. The highest BCUT2D eigenvalue weighted by molar-refractivity contribution is 5.92. The molecule has 0 spiro atoms. The summed E-state index contributed by atoms with van der Waals surface area (Å²) in [5, 5.41) is 3.97. The summed E-state index contributed by atoms with van der Waals surface area (Å²) in [6.07, 6.45) is 3.83. The molecule has 0 aromatic carbocycles. The van der Waals surface area contributed by atoms with Crippen molar-refractivity contribution >= 4 is 5.91 Å². The lowest BCUT2D eigenvalue weighted by Gasteiger charge is -2.34. The van der Waals surface area contributed by atoms with Crippen LogP contribution in [0, 0.1) is 0 Å². The fourth-order valence-corrected chi connectivity index (χ4v) is 3.53. The van der Waals surface area contributed by atoms with E-state index in [-0.39, 0.29) is 5.91 Å². The van der Waals surface area contributed by atoms with Crippen molar-refractivity contribution in [1.29, 1.82) is 0 Å². The van der Waals surface area contributed by atoms with Crippen LogP contribution in [-0.4, -0.2) is 84.8 Å². The summed E-state index contributed by atoms with van der Waals surface area (Å²) < 4.78 is 10.7. The molecule has 1 atom stereocenters. The van der Waals surface area contributed by atoms with Gasteiger partial charge in [0.1, 0.15) is 0 Å². The fraction of sp³-hybridized carbons (Fsp3) is 0.778. The third-order valence-corrected chi connectivity index (χ3v) is 5.27. The van der Waals surface area contributed by atoms with Crippen LogP contribution in [0.3, 0.4) is 0 Å². The highest BCUT2D eigenvalue weighted by Crippen LogP contribution is 2.16. The van der Waals surface area contributed by atoms with Gasteiger partial charge in [-0.1, -0.05) is 11.6 Å². The number of likely N-dealkylation sites (tertiary alicyclic amines) is 1. The Balaban J connectivity index is 1.48. The van der Waals surface area contributed by atoms with Gasteiger partial charge in [0.15, 0.2) is 11.5 Å². The summed E-state index contributed by atoms with van der Waals surface area (Å²) in [4.78, 5) is 19.0.